The maximum atomic E-state index is 11.9. The molecule has 0 spiro atoms. The van der Waals surface area contributed by atoms with Crippen molar-refractivity contribution < 1.29 is 19.0 Å². The summed E-state index contributed by atoms with van der Waals surface area (Å²) in [6.45, 7) is 7.23. The summed E-state index contributed by atoms with van der Waals surface area (Å²) in [6, 6.07) is 3.32. The van der Waals surface area contributed by atoms with Gasteiger partial charge in [0.1, 0.15) is 5.60 Å². The van der Waals surface area contributed by atoms with Gasteiger partial charge in [0.05, 0.1) is 19.9 Å². The van der Waals surface area contributed by atoms with Crippen LogP contribution < -0.4 is 20.5 Å². The van der Waals surface area contributed by atoms with Gasteiger partial charge in [0.2, 0.25) is 0 Å². The van der Waals surface area contributed by atoms with Crippen LogP contribution in [0.4, 0.5) is 10.5 Å². The van der Waals surface area contributed by atoms with Gasteiger partial charge in [-0.2, -0.15) is 0 Å². The zero-order valence-corrected chi connectivity index (χ0v) is 13.4. The van der Waals surface area contributed by atoms with E-state index in [1.165, 1.54) is 14.2 Å². The minimum atomic E-state index is -0.583. The van der Waals surface area contributed by atoms with Gasteiger partial charge in [0.25, 0.3) is 0 Å². The number of anilines is 1. The Balaban J connectivity index is 3.14. The molecular weight excluding hydrogens is 272 g/mol. The predicted octanol–water partition coefficient (Wildman–Crippen LogP) is 3.07. The second kappa shape index (κ2) is 6.67. The van der Waals surface area contributed by atoms with E-state index in [-0.39, 0.29) is 6.04 Å². The monoisotopic (exact) mass is 296 g/mol. The van der Waals surface area contributed by atoms with Crippen LogP contribution in [0.2, 0.25) is 0 Å². The lowest BCUT2D eigenvalue weighted by Crippen LogP contribution is -2.27. The van der Waals surface area contributed by atoms with Crippen molar-refractivity contribution in [1.82, 2.24) is 0 Å². The van der Waals surface area contributed by atoms with Crippen LogP contribution in [-0.4, -0.2) is 25.9 Å². The Morgan fingerprint density at radius 3 is 2.29 bits per heavy atom. The van der Waals surface area contributed by atoms with Crippen LogP contribution in [-0.2, 0) is 4.74 Å². The molecule has 1 aromatic carbocycles. The summed E-state index contributed by atoms with van der Waals surface area (Å²) in [7, 11) is 3.03. The third kappa shape index (κ3) is 4.82. The Labute approximate surface area is 125 Å². The molecule has 1 atom stereocenters. The smallest absolute Gasteiger partial charge is 0.412 e. The number of hydrogen-bond acceptors (Lipinski definition) is 5. The molecule has 0 aliphatic heterocycles. The zero-order valence-electron chi connectivity index (χ0n) is 13.4. The van der Waals surface area contributed by atoms with Crippen LogP contribution in [0, 0.1) is 0 Å². The van der Waals surface area contributed by atoms with Gasteiger partial charge in [-0.25, -0.2) is 4.79 Å². The molecule has 1 aromatic rings. The minimum Gasteiger partial charge on any atom is -0.493 e. The van der Waals surface area contributed by atoms with Crippen molar-refractivity contribution in [3.63, 3.8) is 0 Å². The highest BCUT2D eigenvalue weighted by atomic mass is 16.6. The van der Waals surface area contributed by atoms with Gasteiger partial charge in [-0.3, -0.25) is 5.32 Å². The van der Waals surface area contributed by atoms with Crippen LogP contribution in [0.3, 0.4) is 0 Å². The fourth-order valence-electron chi connectivity index (χ4n) is 1.76. The number of nitrogens with one attached hydrogen (secondary N) is 1. The summed E-state index contributed by atoms with van der Waals surface area (Å²) in [4.78, 5) is 11.9. The molecule has 0 radical (unpaired) electrons. The fraction of sp³-hybridized carbons (Fsp3) is 0.533. The van der Waals surface area contributed by atoms with Gasteiger partial charge in [-0.15, -0.1) is 0 Å². The molecule has 0 aromatic heterocycles. The third-order valence-electron chi connectivity index (χ3n) is 2.66. The number of benzene rings is 1. The van der Waals surface area contributed by atoms with Gasteiger partial charge in [-0.1, -0.05) is 0 Å². The van der Waals surface area contributed by atoms with Crippen LogP contribution >= 0.6 is 0 Å². The average molecular weight is 296 g/mol. The van der Waals surface area contributed by atoms with Crippen LogP contribution in [0.1, 0.15) is 39.3 Å². The molecule has 6 heteroatoms. The summed E-state index contributed by atoms with van der Waals surface area (Å²) in [5.41, 5.74) is 6.58. The van der Waals surface area contributed by atoms with E-state index in [1.54, 1.807) is 32.9 Å². The van der Waals surface area contributed by atoms with Crippen molar-refractivity contribution >= 4 is 11.8 Å². The van der Waals surface area contributed by atoms with E-state index in [4.69, 9.17) is 19.9 Å². The van der Waals surface area contributed by atoms with E-state index < -0.39 is 11.7 Å². The number of amides is 1. The number of hydrogen-bond donors (Lipinski definition) is 2. The Morgan fingerprint density at radius 2 is 1.86 bits per heavy atom. The first-order chi connectivity index (χ1) is 9.67. The lowest BCUT2D eigenvalue weighted by molar-refractivity contribution is 0.0635. The molecule has 0 saturated carbocycles. The molecule has 0 aliphatic rings. The molecule has 0 unspecified atom stereocenters. The molecule has 1 amide bonds. The van der Waals surface area contributed by atoms with Crippen LogP contribution in [0.5, 0.6) is 11.5 Å². The molecule has 1 rings (SSSR count). The van der Waals surface area contributed by atoms with E-state index in [9.17, 15) is 4.79 Å². The average Bonchev–Trinajstić information content (AvgIpc) is 2.35. The summed E-state index contributed by atoms with van der Waals surface area (Å²) in [5, 5.41) is 2.67. The SMILES string of the molecule is COc1cc([C@@H](C)N)cc(NC(=O)OC(C)(C)C)c1OC. The van der Waals surface area contributed by atoms with Gasteiger partial charge in [-0.05, 0) is 45.4 Å². The maximum absolute atomic E-state index is 11.9. The number of carbonyl (C=O) groups excluding carboxylic acids is 1. The molecule has 3 N–H and O–H groups in total. The first kappa shape index (κ1) is 17.1. The number of rotatable bonds is 4. The van der Waals surface area contributed by atoms with Crippen molar-refractivity contribution in [3.8, 4) is 11.5 Å². The van der Waals surface area contributed by atoms with Gasteiger partial charge in [0.15, 0.2) is 11.5 Å². The van der Waals surface area contributed by atoms with Gasteiger partial charge in [0, 0.05) is 6.04 Å². The van der Waals surface area contributed by atoms with Gasteiger partial charge >= 0.3 is 6.09 Å². The number of carbonyl (C=O) groups is 1. The van der Waals surface area contributed by atoms with Crippen molar-refractivity contribution in [3.05, 3.63) is 17.7 Å². The number of methoxy groups -OCH3 is 2. The zero-order chi connectivity index (χ0) is 16.2. The third-order valence-corrected chi connectivity index (χ3v) is 2.66. The van der Waals surface area contributed by atoms with Crippen molar-refractivity contribution in [2.24, 2.45) is 5.73 Å². The van der Waals surface area contributed by atoms with E-state index in [0.29, 0.717) is 17.2 Å². The highest BCUT2D eigenvalue weighted by molar-refractivity contribution is 5.88. The first-order valence-electron chi connectivity index (χ1n) is 6.69. The van der Waals surface area contributed by atoms with E-state index in [0.717, 1.165) is 5.56 Å². The quantitative estimate of drug-likeness (QED) is 0.892. The van der Waals surface area contributed by atoms with Crippen LogP contribution in [0.25, 0.3) is 0 Å². The van der Waals surface area contributed by atoms with Crippen molar-refractivity contribution in [1.29, 1.82) is 0 Å². The second-order valence-corrected chi connectivity index (χ2v) is 5.72. The summed E-state index contributed by atoms with van der Waals surface area (Å²) in [6.07, 6.45) is -0.565. The topological polar surface area (TPSA) is 82.8 Å². The molecule has 21 heavy (non-hydrogen) atoms. The van der Waals surface area contributed by atoms with E-state index in [2.05, 4.69) is 5.32 Å². The lowest BCUT2D eigenvalue weighted by atomic mass is 10.1. The Bertz CT molecular complexity index is 507. The largest absolute Gasteiger partial charge is 0.493 e. The number of nitrogens with two attached hydrogens (primary N) is 1. The van der Waals surface area contributed by atoms with Crippen molar-refractivity contribution in [2.45, 2.75) is 39.3 Å². The molecule has 0 aliphatic carbocycles. The second-order valence-electron chi connectivity index (χ2n) is 5.72. The first-order valence-corrected chi connectivity index (χ1v) is 6.69. The lowest BCUT2D eigenvalue weighted by Gasteiger charge is -2.21. The molecular formula is C15H24N2O4. The van der Waals surface area contributed by atoms with E-state index in [1.807, 2.05) is 6.92 Å². The standard InChI is InChI=1S/C15H24N2O4/c1-9(16)10-7-11(13(20-6)12(8-10)19-5)17-14(18)21-15(2,3)4/h7-9H,16H2,1-6H3,(H,17,18)/t9-/m1/s1. The molecule has 118 valence electrons. The fourth-order valence-corrected chi connectivity index (χ4v) is 1.76. The molecule has 6 nitrogen and oxygen atoms in total. The highest BCUT2D eigenvalue weighted by Gasteiger charge is 2.20. The van der Waals surface area contributed by atoms with Crippen LogP contribution in [0.15, 0.2) is 12.1 Å². The molecule has 0 bridgehead atoms. The molecule has 0 saturated heterocycles. The number of ether oxygens (including phenoxy) is 3. The molecule has 0 heterocycles. The predicted molar refractivity (Wildman–Crippen MR) is 82.0 cm³/mol. The maximum Gasteiger partial charge on any atom is 0.412 e. The summed E-state index contributed by atoms with van der Waals surface area (Å²) >= 11 is 0. The molecule has 0 fully saturated rings. The normalized spacial score (nSPS) is 12.5. The summed E-state index contributed by atoms with van der Waals surface area (Å²) < 4.78 is 15.8. The van der Waals surface area contributed by atoms with E-state index >= 15 is 0 Å². The minimum absolute atomic E-state index is 0.205. The Morgan fingerprint density at radius 1 is 1.24 bits per heavy atom. The van der Waals surface area contributed by atoms with Gasteiger partial charge < -0.3 is 19.9 Å². The highest BCUT2D eigenvalue weighted by Crippen LogP contribution is 2.38. The Hall–Kier alpha value is -1.95. The Kier molecular flexibility index (Phi) is 5.43. The summed E-state index contributed by atoms with van der Waals surface area (Å²) in [5.74, 6) is 0.922. The van der Waals surface area contributed by atoms with Crippen molar-refractivity contribution in [2.75, 3.05) is 19.5 Å².